The van der Waals surface area contributed by atoms with Crippen LogP contribution in [0.25, 0.3) is 0 Å². The van der Waals surface area contributed by atoms with E-state index in [0.29, 0.717) is 23.4 Å². The van der Waals surface area contributed by atoms with Crippen molar-refractivity contribution in [2.24, 2.45) is 0 Å². The molecular formula is C21H26ClN5OS. The van der Waals surface area contributed by atoms with E-state index in [1.54, 1.807) is 6.33 Å². The van der Waals surface area contributed by atoms with Gasteiger partial charge in [-0.1, -0.05) is 23.7 Å². The van der Waals surface area contributed by atoms with E-state index in [-0.39, 0.29) is 5.91 Å². The Morgan fingerprint density at radius 1 is 1.24 bits per heavy atom. The van der Waals surface area contributed by atoms with Crippen LogP contribution in [-0.4, -0.2) is 42.1 Å². The fraction of sp³-hybridized carbons (Fsp3) is 0.476. The smallest absolute Gasteiger partial charge is 0.230 e. The van der Waals surface area contributed by atoms with Gasteiger partial charge in [0.25, 0.3) is 0 Å². The number of fused-ring (bicyclic) bond motifs is 1. The Bertz CT molecular complexity index is 870. The third kappa shape index (κ3) is 4.22. The number of rotatable bonds is 6. The van der Waals surface area contributed by atoms with Crippen molar-refractivity contribution in [2.45, 2.75) is 36.2 Å². The first-order chi connectivity index (χ1) is 14.1. The molecule has 2 aliphatic rings. The van der Waals surface area contributed by atoms with Gasteiger partial charge in [-0.25, -0.2) is 9.97 Å². The first kappa shape index (κ1) is 20.4. The highest BCUT2D eigenvalue weighted by atomic mass is 35.5. The van der Waals surface area contributed by atoms with E-state index in [4.69, 9.17) is 11.6 Å². The average molecular weight is 432 g/mol. The molecule has 8 heteroatoms. The van der Waals surface area contributed by atoms with Gasteiger partial charge in [-0.15, -0.1) is 11.8 Å². The third-order valence-corrected chi connectivity index (χ3v) is 7.26. The van der Waals surface area contributed by atoms with E-state index < -0.39 is 5.41 Å². The summed E-state index contributed by atoms with van der Waals surface area (Å²) in [6, 6.07) is 7.69. The van der Waals surface area contributed by atoms with E-state index >= 15 is 0 Å². The zero-order valence-electron chi connectivity index (χ0n) is 16.5. The van der Waals surface area contributed by atoms with Crippen LogP contribution in [0.1, 0.15) is 41.8 Å². The minimum Gasteiger partial charge on any atom is -0.368 e. The fourth-order valence-electron chi connectivity index (χ4n) is 4.20. The molecule has 1 aromatic carbocycles. The molecule has 6 nitrogen and oxygen atoms in total. The normalized spacial score (nSPS) is 20.1. The molecule has 1 fully saturated rings. The number of hydrogen-bond donors (Lipinski definition) is 3. The van der Waals surface area contributed by atoms with Gasteiger partial charge in [0.1, 0.15) is 12.1 Å². The molecule has 0 aliphatic carbocycles. The van der Waals surface area contributed by atoms with Crippen LogP contribution in [0.2, 0.25) is 5.02 Å². The van der Waals surface area contributed by atoms with Crippen molar-refractivity contribution in [1.82, 2.24) is 20.6 Å². The maximum absolute atomic E-state index is 13.2. The first-order valence-electron chi connectivity index (χ1n) is 10.0. The number of benzene rings is 1. The number of nitrogens with one attached hydrogen (secondary N) is 3. The highest BCUT2D eigenvalue weighted by Gasteiger charge is 2.40. The van der Waals surface area contributed by atoms with Gasteiger partial charge in [-0.3, -0.25) is 4.79 Å². The molecule has 0 unspecified atom stereocenters. The van der Waals surface area contributed by atoms with Crippen LogP contribution in [0.4, 0.5) is 5.82 Å². The van der Waals surface area contributed by atoms with E-state index in [1.807, 2.05) is 36.0 Å². The molecule has 1 atom stereocenters. The second-order valence-electron chi connectivity index (χ2n) is 7.56. The maximum atomic E-state index is 13.2. The Morgan fingerprint density at radius 3 is 2.76 bits per heavy atom. The summed E-state index contributed by atoms with van der Waals surface area (Å²) in [5.41, 5.74) is 2.84. The lowest BCUT2D eigenvalue weighted by atomic mass is 9.72. The number of nitrogens with zero attached hydrogens (tertiary/aromatic N) is 2. The number of hydrogen-bond acceptors (Lipinski definition) is 6. The molecule has 1 amide bonds. The molecule has 1 aromatic heterocycles. The van der Waals surface area contributed by atoms with Crippen LogP contribution in [0, 0.1) is 0 Å². The summed E-state index contributed by atoms with van der Waals surface area (Å²) in [5.74, 6) is 1.90. The predicted octanol–water partition coefficient (Wildman–Crippen LogP) is 3.29. The molecule has 1 saturated heterocycles. The quantitative estimate of drug-likeness (QED) is 0.609. The summed E-state index contributed by atoms with van der Waals surface area (Å²) < 4.78 is 0. The molecule has 0 radical (unpaired) electrons. The van der Waals surface area contributed by atoms with Crippen molar-refractivity contribution in [3.05, 3.63) is 52.4 Å². The van der Waals surface area contributed by atoms with Crippen LogP contribution in [0.3, 0.4) is 0 Å². The predicted molar refractivity (Wildman–Crippen MR) is 118 cm³/mol. The van der Waals surface area contributed by atoms with Crippen LogP contribution in [0.15, 0.2) is 30.6 Å². The Morgan fingerprint density at radius 2 is 2.00 bits per heavy atom. The van der Waals surface area contributed by atoms with E-state index in [2.05, 4.69) is 32.8 Å². The van der Waals surface area contributed by atoms with Crippen LogP contribution >= 0.6 is 23.4 Å². The number of amides is 1. The topological polar surface area (TPSA) is 78.9 Å². The summed E-state index contributed by atoms with van der Waals surface area (Å²) in [6.07, 6.45) is 3.17. The minimum absolute atomic E-state index is 0.0833. The summed E-state index contributed by atoms with van der Waals surface area (Å²) in [4.78, 5) is 22.0. The lowest BCUT2D eigenvalue weighted by Crippen LogP contribution is -2.51. The summed E-state index contributed by atoms with van der Waals surface area (Å²) >= 11 is 7.93. The third-order valence-electron chi connectivity index (χ3n) is 5.83. The second kappa shape index (κ2) is 8.90. The maximum Gasteiger partial charge on any atom is 0.230 e. The molecule has 3 N–H and O–H groups in total. The van der Waals surface area contributed by atoms with Gasteiger partial charge in [0, 0.05) is 34.7 Å². The lowest BCUT2D eigenvalue weighted by Gasteiger charge is -2.36. The molecule has 29 heavy (non-hydrogen) atoms. The highest BCUT2D eigenvalue weighted by molar-refractivity contribution is 7.99. The minimum atomic E-state index is -0.503. The molecule has 2 aromatic rings. The average Bonchev–Trinajstić information content (AvgIpc) is 3.13. The Hall–Kier alpha value is -1.83. The number of aromatic nitrogens is 2. The number of carbonyl (C=O) groups is 1. The van der Waals surface area contributed by atoms with E-state index in [9.17, 15) is 4.79 Å². The zero-order valence-corrected chi connectivity index (χ0v) is 18.1. The molecule has 4 rings (SSSR count). The molecule has 3 heterocycles. The Labute approximate surface area is 180 Å². The van der Waals surface area contributed by atoms with Crippen LogP contribution < -0.4 is 16.0 Å². The highest BCUT2D eigenvalue weighted by Crippen LogP contribution is 2.42. The van der Waals surface area contributed by atoms with Crippen molar-refractivity contribution in [3.8, 4) is 0 Å². The number of thioether (sulfide) groups is 1. The van der Waals surface area contributed by atoms with Gasteiger partial charge in [0.15, 0.2) is 0 Å². The Balaban J connectivity index is 1.39. The van der Waals surface area contributed by atoms with Gasteiger partial charge in [-0.05, 0) is 50.6 Å². The summed E-state index contributed by atoms with van der Waals surface area (Å²) in [7, 11) is 0. The fourth-order valence-corrected chi connectivity index (χ4v) is 5.38. The number of anilines is 1. The lowest BCUT2D eigenvalue weighted by molar-refractivity contribution is -0.127. The summed E-state index contributed by atoms with van der Waals surface area (Å²) in [5, 5.41) is 11.0. The van der Waals surface area contributed by atoms with Crippen LogP contribution in [-0.2, 0) is 16.0 Å². The van der Waals surface area contributed by atoms with Crippen molar-refractivity contribution >= 4 is 35.1 Å². The van der Waals surface area contributed by atoms with Crippen molar-refractivity contribution < 1.29 is 4.79 Å². The van der Waals surface area contributed by atoms with Gasteiger partial charge in [-0.2, -0.15) is 0 Å². The Kier molecular flexibility index (Phi) is 6.27. The second-order valence-corrected chi connectivity index (χ2v) is 9.32. The summed E-state index contributed by atoms with van der Waals surface area (Å²) in [6.45, 7) is 5.01. The van der Waals surface area contributed by atoms with Crippen molar-refractivity contribution in [3.63, 3.8) is 0 Å². The number of piperidine rings is 1. The van der Waals surface area contributed by atoms with E-state index in [1.165, 1.54) is 5.56 Å². The zero-order chi connectivity index (χ0) is 20.3. The van der Waals surface area contributed by atoms with Gasteiger partial charge in [0.05, 0.1) is 11.1 Å². The number of carbonyl (C=O) groups excluding carboxylic acids is 1. The monoisotopic (exact) mass is 431 g/mol. The van der Waals surface area contributed by atoms with Crippen molar-refractivity contribution in [2.75, 3.05) is 31.5 Å². The largest absolute Gasteiger partial charge is 0.368 e. The van der Waals surface area contributed by atoms with Gasteiger partial charge < -0.3 is 16.0 Å². The van der Waals surface area contributed by atoms with Gasteiger partial charge >= 0.3 is 0 Å². The molecule has 0 saturated carbocycles. The van der Waals surface area contributed by atoms with E-state index in [0.717, 1.165) is 48.8 Å². The first-order valence-corrected chi connectivity index (χ1v) is 11.5. The van der Waals surface area contributed by atoms with Crippen LogP contribution in [0.5, 0.6) is 0 Å². The molecule has 0 spiro atoms. The molecule has 154 valence electrons. The number of halogens is 1. The molecular weight excluding hydrogens is 406 g/mol. The SMILES string of the molecule is C[C@@H]1SCc2ncnc(NCCNC(=O)C3(c4ccc(Cl)cc4)CCNCC3)c21. The van der Waals surface area contributed by atoms with Crippen molar-refractivity contribution in [1.29, 1.82) is 0 Å². The molecule has 0 bridgehead atoms. The standard InChI is InChI=1S/C21H26ClN5OS/c1-14-18-17(12-29-14)26-13-27-19(18)24-10-11-25-20(28)21(6-8-23-9-7-21)15-2-4-16(22)5-3-15/h2-5,13-14,23H,6-12H2,1H3,(H,25,28)(H,24,26,27)/t14-/m0/s1. The van der Waals surface area contributed by atoms with Gasteiger partial charge in [0.2, 0.25) is 5.91 Å². The molecule has 2 aliphatic heterocycles.